The van der Waals surface area contributed by atoms with Gasteiger partial charge in [0.25, 0.3) is 11.8 Å². The lowest BCUT2D eigenvalue weighted by Gasteiger charge is -2.37. The molecule has 1 aromatic carbocycles. The van der Waals surface area contributed by atoms with Crippen LogP contribution in [0.1, 0.15) is 24.1 Å². The van der Waals surface area contributed by atoms with Gasteiger partial charge in [0, 0.05) is 68.6 Å². The van der Waals surface area contributed by atoms with Gasteiger partial charge in [-0.1, -0.05) is 18.2 Å². The molecular formula is C22H25FN4O4. The normalized spacial score (nSPS) is 19.3. The van der Waals surface area contributed by atoms with Gasteiger partial charge in [0.1, 0.15) is 5.82 Å². The standard InChI is InChI=1S/C22H25FN4O4/c1-15-18(3-2-8-24-15)16-4-5-17(19(23)13-16)14-25-9-11-26(12-10-25)22(30)31-27-20(28)6-7-21(27)29/h2-5,8,13,22,30H,6-7,9-12,14H2,1H3. The fraction of sp³-hybridized carbons (Fsp3) is 0.409. The maximum Gasteiger partial charge on any atom is 0.254 e. The number of aliphatic hydroxyl groups excluding tert-OH is 1. The van der Waals surface area contributed by atoms with E-state index in [9.17, 15) is 19.1 Å². The number of benzene rings is 1. The number of nitrogens with zero attached hydrogens (tertiary/aromatic N) is 4. The number of imide groups is 1. The Morgan fingerprint density at radius 1 is 1.13 bits per heavy atom. The first-order valence-electron chi connectivity index (χ1n) is 10.3. The number of carbonyl (C=O) groups excluding carboxylic acids is 2. The lowest BCUT2D eigenvalue weighted by Crippen LogP contribution is -2.52. The fourth-order valence-corrected chi connectivity index (χ4v) is 3.85. The Hall–Kier alpha value is -2.72. The average Bonchev–Trinajstić information content (AvgIpc) is 3.08. The van der Waals surface area contributed by atoms with Gasteiger partial charge in [0.2, 0.25) is 6.41 Å². The third-order valence-corrected chi connectivity index (χ3v) is 5.69. The summed E-state index contributed by atoms with van der Waals surface area (Å²) < 4.78 is 14.7. The number of halogens is 1. The van der Waals surface area contributed by atoms with Crippen molar-refractivity contribution in [2.75, 3.05) is 26.2 Å². The molecule has 1 N–H and O–H groups in total. The van der Waals surface area contributed by atoms with Crippen molar-refractivity contribution in [2.45, 2.75) is 32.7 Å². The average molecular weight is 428 g/mol. The number of hydrogen-bond acceptors (Lipinski definition) is 7. The van der Waals surface area contributed by atoms with E-state index in [0.717, 1.165) is 16.8 Å². The monoisotopic (exact) mass is 428 g/mol. The summed E-state index contributed by atoms with van der Waals surface area (Å²) in [6.07, 6.45) is 0.548. The molecule has 2 aliphatic rings. The molecule has 1 unspecified atom stereocenters. The topological polar surface area (TPSA) is 86.2 Å². The Morgan fingerprint density at radius 3 is 2.48 bits per heavy atom. The van der Waals surface area contributed by atoms with Gasteiger partial charge in [-0.3, -0.25) is 24.4 Å². The Morgan fingerprint density at radius 2 is 1.84 bits per heavy atom. The van der Waals surface area contributed by atoms with Crippen LogP contribution >= 0.6 is 0 Å². The van der Waals surface area contributed by atoms with Crippen LogP contribution < -0.4 is 0 Å². The van der Waals surface area contributed by atoms with E-state index in [1.807, 2.05) is 25.1 Å². The fourth-order valence-electron chi connectivity index (χ4n) is 3.85. The minimum atomic E-state index is -1.37. The molecule has 2 fully saturated rings. The molecule has 1 aromatic heterocycles. The van der Waals surface area contributed by atoms with Crippen molar-refractivity contribution in [2.24, 2.45) is 0 Å². The predicted molar refractivity (Wildman–Crippen MR) is 109 cm³/mol. The van der Waals surface area contributed by atoms with Crippen LogP contribution in [0.2, 0.25) is 0 Å². The molecule has 2 aromatic rings. The molecule has 1 atom stereocenters. The summed E-state index contributed by atoms with van der Waals surface area (Å²) in [6.45, 7) is 4.45. The van der Waals surface area contributed by atoms with Gasteiger partial charge in [-0.15, -0.1) is 5.06 Å². The van der Waals surface area contributed by atoms with Crippen LogP contribution in [0, 0.1) is 12.7 Å². The first-order valence-corrected chi connectivity index (χ1v) is 10.3. The Labute approximate surface area is 179 Å². The van der Waals surface area contributed by atoms with E-state index in [0.29, 0.717) is 43.4 Å². The number of hydroxylamine groups is 2. The number of carbonyl (C=O) groups is 2. The Bertz CT molecular complexity index is 962. The molecule has 31 heavy (non-hydrogen) atoms. The molecule has 0 bridgehead atoms. The number of hydrogen-bond donors (Lipinski definition) is 1. The van der Waals surface area contributed by atoms with Gasteiger partial charge in [-0.05, 0) is 24.6 Å². The minimum absolute atomic E-state index is 0.101. The van der Waals surface area contributed by atoms with E-state index in [2.05, 4.69) is 9.88 Å². The molecule has 2 aliphatic heterocycles. The number of aromatic nitrogens is 1. The molecule has 0 spiro atoms. The van der Waals surface area contributed by atoms with E-state index in [4.69, 9.17) is 4.84 Å². The van der Waals surface area contributed by atoms with Crippen molar-refractivity contribution >= 4 is 11.8 Å². The number of rotatable bonds is 6. The Kier molecular flexibility index (Phi) is 6.38. The molecule has 8 nitrogen and oxygen atoms in total. The van der Waals surface area contributed by atoms with Gasteiger partial charge in [-0.25, -0.2) is 9.23 Å². The summed E-state index contributed by atoms with van der Waals surface area (Å²) in [5.74, 6) is -1.15. The second-order valence-corrected chi connectivity index (χ2v) is 7.77. The van der Waals surface area contributed by atoms with Crippen molar-refractivity contribution in [3.05, 3.63) is 53.6 Å². The molecule has 3 heterocycles. The molecule has 0 radical (unpaired) electrons. The third kappa shape index (κ3) is 4.80. The van der Waals surface area contributed by atoms with E-state index in [-0.39, 0.29) is 18.7 Å². The van der Waals surface area contributed by atoms with E-state index >= 15 is 0 Å². The lowest BCUT2D eigenvalue weighted by molar-refractivity contribution is -0.292. The van der Waals surface area contributed by atoms with Crippen LogP contribution in [0.3, 0.4) is 0 Å². The maximum atomic E-state index is 14.7. The van der Waals surface area contributed by atoms with Gasteiger partial charge in [0.15, 0.2) is 0 Å². The van der Waals surface area contributed by atoms with Crippen LogP contribution in [0.5, 0.6) is 0 Å². The summed E-state index contributed by atoms with van der Waals surface area (Å²) >= 11 is 0. The first kappa shape index (κ1) is 21.5. The molecular weight excluding hydrogens is 403 g/mol. The predicted octanol–water partition coefficient (Wildman–Crippen LogP) is 1.67. The highest BCUT2D eigenvalue weighted by Gasteiger charge is 2.34. The number of piperazine rings is 1. The van der Waals surface area contributed by atoms with Crippen molar-refractivity contribution < 1.29 is 23.9 Å². The zero-order valence-electron chi connectivity index (χ0n) is 17.3. The molecule has 0 saturated carbocycles. The smallest absolute Gasteiger partial charge is 0.254 e. The minimum Gasteiger partial charge on any atom is -0.354 e. The number of aliphatic hydroxyl groups is 1. The van der Waals surface area contributed by atoms with Crippen molar-refractivity contribution in [3.63, 3.8) is 0 Å². The number of amides is 2. The molecule has 2 saturated heterocycles. The third-order valence-electron chi connectivity index (χ3n) is 5.69. The SMILES string of the molecule is Cc1ncccc1-c1ccc(CN2CCN(C(O)ON3C(=O)CCC3=O)CC2)c(F)c1. The molecule has 9 heteroatoms. The second kappa shape index (κ2) is 9.19. The lowest BCUT2D eigenvalue weighted by atomic mass is 10.0. The largest absolute Gasteiger partial charge is 0.354 e. The summed E-state index contributed by atoms with van der Waals surface area (Å²) in [7, 11) is 0. The summed E-state index contributed by atoms with van der Waals surface area (Å²) in [5.41, 5.74) is 3.15. The molecule has 2 amide bonds. The number of pyridine rings is 1. The maximum absolute atomic E-state index is 14.7. The van der Waals surface area contributed by atoms with Crippen LogP contribution in [0.4, 0.5) is 4.39 Å². The number of aryl methyl sites for hydroxylation is 1. The van der Waals surface area contributed by atoms with Gasteiger partial charge in [-0.2, -0.15) is 0 Å². The summed E-state index contributed by atoms with van der Waals surface area (Å²) in [6, 6.07) is 9.00. The zero-order chi connectivity index (χ0) is 22.0. The highest BCUT2D eigenvalue weighted by molar-refractivity contribution is 6.00. The highest BCUT2D eigenvalue weighted by atomic mass is 19.1. The van der Waals surface area contributed by atoms with Crippen LogP contribution in [0.15, 0.2) is 36.5 Å². The van der Waals surface area contributed by atoms with Crippen molar-refractivity contribution in [1.29, 1.82) is 0 Å². The van der Waals surface area contributed by atoms with E-state index < -0.39 is 18.2 Å². The van der Waals surface area contributed by atoms with E-state index in [1.54, 1.807) is 17.2 Å². The van der Waals surface area contributed by atoms with Crippen LogP contribution in [-0.2, 0) is 21.0 Å². The van der Waals surface area contributed by atoms with Gasteiger partial charge < -0.3 is 5.11 Å². The quantitative estimate of drug-likeness (QED) is 0.553. The van der Waals surface area contributed by atoms with E-state index in [1.165, 1.54) is 6.07 Å². The van der Waals surface area contributed by atoms with Crippen molar-refractivity contribution in [3.8, 4) is 11.1 Å². The molecule has 4 rings (SSSR count). The Balaban J connectivity index is 1.32. The molecule has 0 aliphatic carbocycles. The van der Waals surface area contributed by atoms with Gasteiger partial charge in [0.05, 0.1) is 0 Å². The highest BCUT2D eigenvalue weighted by Crippen LogP contribution is 2.25. The molecule has 164 valence electrons. The summed E-state index contributed by atoms with van der Waals surface area (Å²) in [5, 5.41) is 10.9. The van der Waals surface area contributed by atoms with Crippen LogP contribution in [0.25, 0.3) is 11.1 Å². The summed E-state index contributed by atoms with van der Waals surface area (Å²) in [4.78, 5) is 36.4. The zero-order valence-corrected chi connectivity index (χ0v) is 17.3. The van der Waals surface area contributed by atoms with Crippen molar-refractivity contribution in [1.82, 2.24) is 19.8 Å². The first-order chi connectivity index (χ1) is 14.9. The second-order valence-electron chi connectivity index (χ2n) is 7.77. The van der Waals surface area contributed by atoms with Gasteiger partial charge >= 0.3 is 0 Å². The van der Waals surface area contributed by atoms with Crippen LogP contribution in [-0.4, -0.2) is 69.4 Å².